The van der Waals surface area contributed by atoms with Gasteiger partial charge in [0, 0.05) is 14.1 Å². The Kier molecular flexibility index (Phi) is 4.42. The lowest BCUT2D eigenvalue weighted by molar-refractivity contribution is -0.133. The number of nitrogens with zero attached hydrogens (tertiary/aromatic N) is 1. The monoisotopic (exact) mass is 291 g/mol. The lowest BCUT2D eigenvalue weighted by Gasteiger charge is -2.25. The molecular formula is C14H17N3O4. The van der Waals surface area contributed by atoms with Crippen molar-refractivity contribution in [3.8, 4) is 5.75 Å². The molecule has 2 rings (SSSR count). The van der Waals surface area contributed by atoms with Crippen LogP contribution in [0, 0.1) is 0 Å². The van der Waals surface area contributed by atoms with Gasteiger partial charge in [-0.3, -0.25) is 14.4 Å². The Hall–Kier alpha value is -2.57. The molecule has 1 atom stereocenters. The number of amides is 3. The van der Waals surface area contributed by atoms with E-state index in [-0.39, 0.29) is 24.8 Å². The topological polar surface area (TPSA) is 87.7 Å². The molecule has 1 aromatic carbocycles. The van der Waals surface area contributed by atoms with Crippen LogP contribution in [-0.2, 0) is 14.4 Å². The Morgan fingerprint density at radius 3 is 2.76 bits per heavy atom. The van der Waals surface area contributed by atoms with E-state index < -0.39 is 12.0 Å². The quantitative estimate of drug-likeness (QED) is 0.816. The first kappa shape index (κ1) is 14.8. The molecular weight excluding hydrogens is 274 g/mol. The first-order chi connectivity index (χ1) is 9.97. The SMILES string of the molecule is CN(C)C(=O)CNC(=O)CC1Oc2ccccc2NC1=O. The number of ether oxygens (including phenoxy) is 1. The Morgan fingerprint density at radius 1 is 1.33 bits per heavy atom. The third kappa shape index (κ3) is 3.71. The molecule has 1 unspecified atom stereocenters. The maximum Gasteiger partial charge on any atom is 0.266 e. The van der Waals surface area contributed by atoms with Crippen LogP contribution in [0.25, 0.3) is 0 Å². The molecule has 0 spiro atoms. The number of hydrogen-bond donors (Lipinski definition) is 2. The average Bonchev–Trinajstić information content (AvgIpc) is 2.45. The van der Waals surface area contributed by atoms with Crippen molar-refractivity contribution in [1.29, 1.82) is 0 Å². The standard InChI is InChI=1S/C14H17N3O4/c1-17(2)13(19)8-15-12(18)7-11-14(20)16-9-5-3-4-6-10(9)21-11/h3-6,11H,7-8H2,1-2H3,(H,15,18)(H,16,20). The van der Waals surface area contributed by atoms with E-state index in [1.54, 1.807) is 38.4 Å². The normalized spacial score (nSPS) is 16.3. The van der Waals surface area contributed by atoms with Crippen molar-refractivity contribution in [3.05, 3.63) is 24.3 Å². The van der Waals surface area contributed by atoms with Crippen molar-refractivity contribution in [3.63, 3.8) is 0 Å². The second-order valence-corrected chi connectivity index (χ2v) is 4.86. The zero-order valence-corrected chi connectivity index (χ0v) is 11.9. The van der Waals surface area contributed by atoms with E-state index in [2.05, 4.69) is 10.6 Å². The van der Waals surface area contributed by atoms with Crippen LogP contribution < -0.4 is 15.4 Å². The second-order valence-electron chi connectivity index (χ2n) is 4.86. The van der Waals surface area contributed by atoms with E-state index in [9.17, 15) is 14.4 Å². The molecule has 0 radical (unpaired) electrons. The van der Waals surface area contributed by atoms with Gasteiger partial charge in [-0.15, -0.1) is 0 Å². The van der Waals surface area contributed by atoms with Crippen LogP contribution in [0.4, 0.5) is 5.69 Å². The predicted molar refractivity (Wildman–Crippen MR) is 75.8 cm³/mol. The Labute approximate surface area is 122 Å². The summed E-state index contributed by atoms with van der Waals surface area (Å²) in [5.41, 5.74) is 0.585. The third-order valence-electron chi connectivity index (χ3n) is 3.01. The van der Waals surface area contributed by atoms with Crippen molar-refractivity contribution in [2.75, 3.05) is 26.0 Å². The summed E-state index contributed by atoms with van der Waals surface area (Å²) in [4.78, 5) is 36.3. The number of hydrogen-bond acceptors (Lipinski definition) is 4. The summed E-state index contributed by atoms with van der Waals surface area (Å²) in [6.07, 6.45) is -1.03. The largest absolute Gasteiger partial charge is 0.478 e. The molecule has 3 amide bonds. The molecule has 7 nitrogen and oxygen atoms in total. The highest BCUT2D eigenvalue weighted by Gasteiger charge is 2.29. The first-order valence-electron chi connectivity index (χ1n) is 6.51. The first-order valence-corrected chi connectivity index (χ1v) is 6.51. The molecule has 7 heteroatoms. The van der Waals surface area contributed by atoms with E-state index in [0.29, 0.717) is 11.4 Å². The molecule has 1 aliphatic rings. The number of nitrogens with one attached hydrogen (secondary N) is 2. The number of benzene rings is 1. The van der Waals surface area contributed by atoms with Crippen molar-refractivity contribution in [2.45, 2.75) is 12.5 Å². The van der Waals surface area contributed by atoms with Crippen molar-refractivity contribution >= 4 is 23.4 Å². The summed E-state index contributed by atoms with van der Waals surface area (Å²) in [6.45, 7) is -0.100. The van der Waals surface area contributed by atoms with E-state index in [0.717, 1.165) is 0 Å². The molecule has 0 aromatic heterocycles. The second kappa shape index (κ2) is 6.25. The van der Waals surface area contributed by atoms with Crippen LogP contribution in [-0.4, -0.2) is 49.4 Å². The lowest BCUT2D eigenvalue weighted by atomic mass is 10.1. The fourth-order valence-corrected chi connectivity index (χ4v) is 1.80. The fraction of sp³-hybridized carbons (Fsp3) is 0.357. The fourth-order valence-electron chi connectivity index (χ4n) is 1.80. The van der Waals surface area contributed by atoms with E-state index in [4.69, 9.17) is 4.74 Å². The Bertz CT molecular complexity index is 571. The van der Waals surface area contributed by atoms with Gasteiger partial charge in [0.15, 0.2) is 6.10 Å². The van der Waals surface area contributed by atoms with Gasteiger partial charge in [-0.1, -0.05) is 12.1 Å². The van der Waals surface area contributed by atoms with Gasteiger partial charge in [0.05, 0.1) is 18.7 Å². The molecule has 21 heavy (non-hydrogen) atoms. The van der Waals surface area contributed by atoms with E-state index >= 15 is 0 Å². The lowest BCUT2D eigenvalue weighted by Crippen LogP contribution is -2.43. The molecule has 112 valence electrons. The maximum atomic E-state index is 11.8. The summed E-state index contributed by atoms with van der Waals surface area (Å²) in [7, 11) is 3.20. The number of rotatable bonds is 4. The van der Waals surface area contributed by atoms with Crippen molar-refractivity contribution in [2.24, 2.45) is 0 Å². The number of para-hydroxylation sites is 2. The zero-order chi connectivity index (χ0) is 15.4. The van der Waals surface area contributed by atoms with Gasteiger partial charge in [0.2, 0.25) is 11.8 Å². The summed E-state index contributed by atoms with van der Waals surface area (Å²) < 4.78 is 5.50. The average molecular weight is 291 g/mol. The molecule has 1 heterocycles. The van der Waals surface area contributed by atoms with Crippen LogP contribution in [0.1, 0.15) is 6.42 Å². The van der Waals surface area contributed by atoms with E-state index in [1.807, 2.05) is 0 Å². The molecule has 0 saturated carbocycles. The zero-order valence-electron chi connectivity index (χ0n) is 11.9. The van der Waals surface area contributed by atoms with Crippen LogP contribution >= 0.6 is 0 Å². The van der Waals surface area contributed by atoms with Gasteiger partial charge in [0.1, 0.15) is 5.75 Å². The minimum atomic E-state index is -0.894. The smallest absolute Gasteiger partial charge is 0.266 e. The van der Waals surface area contributed by atoms with Gasteiger partial charge >= 0.3 is 0 Å². The number of likely N-dealkylation sites (N-methyl/N-ethyl adjacent to an activating group) is 1. The number of anilines is 1. The van der Waals surface area contributed by atoms with Gasteiger partial charge in [0.25, 0.3) is 5.91 Å². The molecule has 0 saturated heterocycles. The third-order valence-corrected chi connectivity index (χ3v) is 3.01. The number of carbonyl (C=O) groups is 3. The highest BCUT2D eigenvalue weighted by molar-refractivity contribution is 6.00. The maximum absolute atomic E-state index is 11.8. The van der Waals surface area contributed by atoms with Crippen molar-refractivity contribution in [1.82, 2.24) is 10.2 Å². The highest BCUT2D eigenvalue weighted by Crippen LogP contribution is 2.29. The number of carbonyl (C=O) groups excluding carboxylic acids is 3. The van der Waals surface area contributed by atoms with Gasteiger partial charge < -0.3 is 20.3 Å². The van der Waals surface area contributed by atoms with Crippen LogP contribution in [0.2, 0.25) is 0 Å². The Balaban J connectivity index is 1.90. The molecule has 2 N–H and O–H groups in total. The summed E-state index contributed by atoms with van der Waals surface area (Å²) in [6, 6.07) is 7.00. The molecule has 0 fully saturated rings. The molecule has 0 bridgehead atoms. The minimum Gasteiger partial charge on any atom is -0.478 e. The summed E-state index contributed by atoms with van der Waals surface area (Å²) in [5, 5.41) is 5.14. The van der Waals surface area contributed by atoms with Crippen LogP contribution in [0.3, 0.4) is 0 Å². The van der Waals surface area contributed by atoms with Gasteiger partial charge in [-0.25, -0.2) is 0 Å². The van der Waals surface area contributed by atoms with Gasteiger partial charge in [-0.2, -0.15) is 0 Å². The molecule has 0 aliphatic carbocycles. The minimum absolute atomic E-state index is 0.100. The molecule has 1 aromatic rings. The predicted octanol–water partition coefficient (Wildman–Crippen LogP) is -0.0194. The molecule has 1 aliphatic heterocycles. The van der Waals surface area contributed by atoms with Crippen molar-refractivity contribution < 1.29 is 19.1 Å². The summed E-state index contributed by atoms with van der Waals surface area (Å²) >= 11 is 0. The highest BCUT2D eigenvalue weighted by atomic mass is 16.5. The van der Waals surface area contributed by atoms with Crippen LogP contribution in [0.15, 0.2) is 24.3 Å². The summed E-state index contributed by atoms with van der Waals surface area (Å²) in [5.74, 6) is -0.477. The van der Waals surface area contributed by atoms with Crippen LogP contribution in [0.5, 0.6) is 5.75 Å². The van der Waals surface area contributed by atoms with E-state index in [1.165, 1.54) is 4.90 Å². The Morgan fingerprint density at radius 2 is 2.05 bits per heavy atom. The van der Waals surface area contributed by atoms with Gasteiger partial charge in [-0.05, 0) is 12.1 Å². The number of fused-ring (bicyclic) bond motifs is 1.